The van der Waals surface area contributed by atoms with E-state index < -0.39 is 0 Å². The number of benzene rings is 1. The second kappa shape index (κ2) is 7.56. The molecule has 21 heavy (non-hydrogen) atoms. The molecule has 0 fully saturated rings. The summed E-state index contributed by atoms with van der Waals surface area (Å²) >= 11 is 7.28. The van der Waals surface area contributed by atoms with Gasteiger partial charge in [0.15, 0.2) is 0 Å². The van der Waals surface area contributed by atoms with Gasteiger partial charge in [0.25, 0.3) is 0 Å². The minimum Gasteiger partial charge on any atom is -0.313 e. The highest BCUT2D eigenvalue weighted by Crippen LogP contribution is 2.28. The van der Waals surface area contributed by atoms with Gasteiger partial charge in [0.05, 0.1) is 15.9 Å². The summed E-state index contributed by atoms with van der Waals surface area (Å²) in [4.78, 5) is 0. The van der Waals surface area contributed by atoms with Crippen LogP contribution in [-0.2, 0) is 19.4 Å². The molecule has 0 bridgehead atoms. The van der Waals surface area contributed by atoms with Crippen LogP contribution in [-0.4, -0.2) is 16.8 Å². The fourth-order valence-corrected chi connectivity index (χ4v) is 3.66. The summed E-state index contributed by atoms with van der Waals surface area (Å²) in [6.07, 6.45) is 1.86. The van der Waals surface area contributed by atoms with Crippen LogP contribution in [0.3, 0.4) is 0 Å². The predicted octanol–water partition coefficient (Wildman–Crippen LogP) is 4.49. The second-order valence-electron chi connectivity index (χ2n) is 4.98. The number of likely N-dealkylation sites (N-methyl/N-ethyl adjacent to an activating group) is 1. The lowest BCUT2D eigenvalue weighted by Crippen LogP contribution is -2.20. The van der Waals surface area contributed by atoms with Crippen LogP contribution in [0.4, 0.5) is 0 Å². The highest BCUT2D eigenvalue weighted by molar-refractivity contribution is 9.10. The standard InChI is InChI=1S/C16H21Br2N3/c1-4-13-16(18)15(21(5-2)20-13)10-14(19-3)11-7-6-8-12(17)9-11/h6-9,14,19H,4-5,10H2,1-3H3. The van der Waals surface area contributed by atoms with Crippen LogP contribution in [0, 0.1) is 0 Å². The SMILES string of the molecule is CCc1nn(CC)c(CC(NC)c2cccc(Br)c2)c1Br. The molecule has 1 N–H and O–H groups in total. The van der Waals surface area contributed by atoms with Crippen LogP contribution < -0.4 is 5.32 Å². The number of aryl methyl sites for hydroxylation is 2. The van der Waals surface area contributed by atoms with Crippen molar-refractivity contribution in [2.45, 2.75) is 39.3 Å². The van der Waals surface area contributed by atoms with Crippen molar-refractivity contribution in [2.75, 3.05) is 7.05 Å². The Kier molecular flexibility index (Phi) is 6.02. The Hall–Kier alpha value is -0.650. The first-order chi connectivity index (χ1) is 10.1. The first-order valence-corrected chi connectivity index (χ1v) is 8.86. The fourth-order valence-electron chi connectivity index (χ4n) is 2.52. The number of nitrogens with zero attached hydrogens (tertiary/aromatic N) is 2. The van der Waals surface area contributed by atoms with E-state index in [1.54, 1.807) is 0 Å². The minimum absolute atomic E-state index is 0.269. The molecule has 0 saturated carbocycles. The fraction of sp³-hybridized carbons (Fsp3) is 0.438. The Morgan fingerprint density at radius 1 is 1.29 bits per heavy atom. The molecule has 5 heteroatoms. The van der Waals surface area contributed by atoms with Gasteiger partial charge in [0.1, 0.15) is 0 Å². The van der Waals surface area contributed by atoms with Crippen molar-refractivity contribution in [3.63, 3.8) is 0 Å². The third kappa shape index (κ3) is 3.76. The van der Waals surface area contributed by atoms with Crippen LogP contribution in [0.2, 0.25) is 0 Å². The van der Waals surface area contributed by atoms with Gasteiger partial charge in [-0.05, 0) is 54.0 Å². The van der Waals surface area contributed by atoms with Crippen LogP contribution in [0.25, 0.3) is 0 Å². The monoisotopic (exact) mass is 413 g/mol. The maximum Gasteiger partial charge on any atom is 0.0766 e. The number of halogens is 2. The Bertz CT molecular complexity index is 608. The van der Waals surface area contributed by atoms with Gasteiger partial charge < -0.3 is 5.32 Å². The lowest BCUT2D eigenvalue weighted by molar-refractivity contribution is 0.539. The number of hydrogen-bond donors (Lipinski definition) is 1. The van der Waals surface area contributed by atoms with Gasteiger partial charge in [0, 0.05) is 23.5 Å². The number of nitrogens with one attached hydrogen (secondary N) is 1. The molecule has 0 radical (unpaired) electrons. The number of rotatable bonds is 6. The second-order valence-corrected chi connectivity index (χ2v) is 6.69. The lowest BCUT2D eigenvalue weighted by Gasteiger charge is -2.18. The molecule has 0 aliphatic heterocycles. The molecule has 1 atom stereocenters. The molecule has 3 nitrogen and oxygen atoms in total. The zero-order chi connectivity index (χ0) is 15.4. The molecule has 0 spiro atoms. The Labute approximate surface area is 143 Å². The first kappa shape index (κ1) is 16.7. The maximum absolute atomic E-state index is 4.68. The van der Waals surface area contributed by atoms with Crippen LogP contribution in [0.1, 0.15) is 36.8 Å². The first-order valence-electron chi connectivity index (χ1n) is 7.27. The Balaban J connectivity index is 2.32. The molecular weight excluding hydrogens is 394 g/mol. The lowest BCUT2D eigenvalue weighted by atomic mass is 10.0. The van der Waals surface area contributed by atoms with E-state index in [4.69, 9.17) is 0 Å². The van der Waals surface area contributed by atoms with E-state index in [-0.39, 0.29) is 6.04 Å². The normalized spacial score (nSPS) is 12.6. The van der Waals surface area contributed by atoms with Crippen molar-refractivity contribution in [3.05, 3.63) is 50.2 Å². The third-order valence-electron chi connectivity index (χ3n) is 3.69. The number of aromatic nitrogens is 2. The minimum atomic E-state index is 0.269. The molecule has 1 aromatic carbocycles. The van der Waals surface area contributed by atoms with Gasteiger partial charge in [-0.1, -0.05) is 35.0 Å². The van der Waals surface area contributed by atoms with Crippen LogP contribution in [0.15, 0.2) is 33.2 Å². The quantitative estimate of drug-likeness (QED) is 0.754. The molecular formula is C16H21Br2N3. The number of hydrogen-bond acceptors (Lipinski definition) is 2. The third-order valence-corrected chi connectivity index (χ3v) is 5.10. The van der Waals surface area contributed by atoms with Crippen LogP contribution >= 0.6 is 31.9 Å². The van der Waals surface area contributed by atoms with Crippen molar-refractivity contribution in [2.24, 2.45) is 0 Å². The van der Waals surface area contributed by atoms with Crippen LogP contribution in [0.5, 0.6) is 0 Å². The van der Waals surface area contributed by atoms with Gasteiger partial charge in [0.2, 0.25) is 0 Å². The summed E-state index contributed by atoms with van der Waals surface area (Å²) in [6.45, 7) is 5.17. The van der Waals surface area contributed by atoms with Crippen molar-refractivity contribution >= 4 is 31.9 Å². The van der Waals surface area contributed by atoms with Gasteiger partial charge in [-0.15, -0.1) is 0 Å². The molecule has 0 aliphatic carbocycles. The molecule has 1 heterocycles. The van der Waals surface area contributed by atoms with E-state index in [9.17, 15) is 0 Å². The molecule has 1 aromatic heterocycles. The van der Waals surface area contributed by atoms with Crippen molar-refractivity contribution in [1.29, 1.82) is 0 Å². The zero-order valence-electron chi connectivity index (χ0n) is 12.7. The van der Waals surface area contributed by atoms with E-state index in [1.165, 1.54) is 11.3 Å². The molecule has 0 aliphatic rings. The van der Waals surface area contributed by atoms with E-state index in [2.05, 4.69) is 85.1 Å². The summed E-state index contributed by atoms with van der Waals surface area (Å²) in [5, 5.41) is 8.10. The van der Waals surface area contributed by atoms with Gasteiger partial charge in [-0.2, -0.15) is 5.10 Å². The highest BCUT2D eigenvalue weighted by atomic mass is 79.9. The van der Waals surface area contributed by atoms with Gasteiger partial charge in [-0.25, -0.2) is 0 Å². The van der Waals surface area contributed by atoms with Gasteiger partial charge >= 0.3 is 0 Å². The summed E-state index contributed by atoms with van der Waals surface area (Å²) in [5.41, 5.74) is 3.67. The highest BCUT2D eigenvalue weighted by Gasteiger charge is 2.19. The molecule has 114 valence electrons. The van der Waals surface area contributed by atoms with E-state index in [0.29, 0.717) is 0 Å². The van der Waals surface area contributed by atoms with Gasteiger partial charge in [-0.3, -0.25) is 4.68 Å². The van der Waals surface area contributed by atoms with Crippen molar-refractivity contribution < 1.29 is 0 Å². The van der Waals surface area contributed by atoms with E-state index >= 15 is 0 Å². The molecule has 0 saturated heterocycles. The topological polar surface area (TPSA) is 29.9 Å². The maximum atomic E-state index is 4.68. The molecule has 0 amide bonds. The summed E-state index contributed by atoms with van der Waals surface area (Å²) in [6, 6.07) is 8.73. The largest absolute Gasteiger partial charge is 0.313 e. The van der Waals surface area contributed by atoms with Crippen molar-refractivity contribution in [1.82, 2.24) is 15.1 Å². The average Bonchev–Trinajstić information content (AvgIpc) is 2.80. The predicted molar refractivity (Wildman–Crippen MR) is 94.6 cm³/mol. The van der Waals surface area contributed by atoms with E-state index in [0.717, 1.165) is 34.0 Å². The van der Waals surface area contributed by atoms with E-state index in [1.807, 2.05) is 7.05 Å². The summed E-state index contributed by atoms with van der Waals surface area (Å²) < 4.78 is 4.37. The Morgan fingerprint density at radius 2 is 2.05 bits per heavy atom. The summed E-state index contributed by atoms with van der Waals surface area (Å²) in [5.74, 6) is 0. The van der Waals surface area contributed by atoms with Crippen molar-refractivity contribution in [3.8, 4) is 0 Å². The molecule has 2 aromatic rings. The zero-order valence-corrected chi connectivity index (χ0v) is 15.8. The average molecular weight is 415 g/mol. The Morgan fingerprint density at radius 3 is 2.62 bits per heavy atom. The molecule has 1 unspecified atom stereocenters. The molecule has 2 rings (SSSR count). The summed E-state index contributed by atoms with van der Waals surface area (Å²) in [7, 11) is 2.01. The smallest absolute Gasteiger partial charge is 0.0766 e.